The Bertz CT molecular complexity index is 396. The van der Waals surface area contributed by atoms with Crippen molar-refractivity contribution in [3.05, 3.63) is 17.7 Å². The Morgan fingerprint density at radius 2 is 1.62 bits per heavy atom. The van der Waals surface area contributed by atoms with E-state index < -0.39 is 0 Å². The van der Waals surface area contributed by atoms with Gasteiger partial charge < -0.3 is 18.9 Å². The molecule has 0 N–H and O–H groups in total. The van der Waals surface area contributed by atoms with Crippen molar-refractivity contribution in [3.8, 4) is 17.2 Å². The molecule has 1 rings (SSSR count). The third kappa shape index (κ3) is 6.14. The van der Waals surface area contributed by atoms with Crippen LogP contribution >= 0.6 is 15.9 Å². The molecular formula is C16H25BrO4. The van der Waals surface area contributed by atoms with Crippen LogP contribution in [0, 0.1) is 5.92 Å². The molecule has 0 fully saturated rings. The number of halogens is 1. The molecule has 0 saturated carbocycles. The van der Waals surface area contributed by atoms with Gasteiger partial charge in [0.1, 0.15) is 6.61 Å². The van der Waals surface area contributed by atoms with E-state index in [4.69, 9.17) is 18.9 Å². The van der Waals surface area contributed by atoms with Gasteiger partial charge in [0.15, 0.2) is 11.5 Å². The number of rotatable bonds is 10. The Kier molecular flexibility index (Phi) is 8.54. The van der Waals surface area contributed by atoms with E-state index in [9.17, 15) is 0 Å². The Hall–Kier alpha value is -0.940. The van der Waals surface area contributed by atoms with Gasteiger partial charge in [-0.25, -0.2) is 0 Å². The zero-order chi connectivity index (χ0) is 15.7. The minimum atomic E-state index is 0.471. The summed E-state index contributed by atoms with van der Waals surface area (Å²) in [6.07, 6.45) is 1.06. The summed E-state index contributed by atoms with van der Waals surface area (Å²) in [6, 6.07) is 3.87. The predicted molar refractivity (Wildman–Crippen MR) is 87.9 cm³/mol. The molecular weight excluding hydrogens is 336 g/mol. The maximum Gasteiger partial charge on any atom is 0.203 e. The van der Waals surface area contributed by atoms with Crippen molar-refractivity contribution in [1.29, 1.82) is 0 Å². The van der Waals surface area contributed by atoms with Crippen molar-refractivity contribution in [1.82, 2.24) is 0 Å². The molecule has 5 heteroatoms. The average molecular weight is 361 g/mol. The molecule has 0 heterocycles. The van der Waals surface area contributed by atoms with Crippen molar-refractivity contribution >= 4 is 15.9 Å². The summed E-state index contributed by atoms with van der Waals surface area (Å²) in [4.78, 5) is 0. The van der Waals surface area contributed by atoms with Crippen LogP contribution in [0.2, 0.25) is 0 Å². The summed E-state index contributed by atoms with van der Waals surface area (Å²) in [7, 11) is 3.25. The van der Waals surface area contributed by atoms with Crippen LogP contribution in [0.3, 0.4) is 0 Å². The highest BCUT2D eigenvalue weighted by molar-refractivity contribution is 9.08. The SMILES string of the molecule is COc1cc(CBr)cc(OC)c1OCCOCCC(C)C. The van der Waals surface area contributed by atoms with E-state index in [2.05, 4.69) is 29.8 Å². The molecule has 0 aliphatic heterocycles. The van der Waals surface area contributed by atoms with Crippen LogP contribution in [0.4, 0.5) is 0 Å². The fourth-order valence-corrected chi connectivity index (χ4v) is 2.10. The molecule has 4 nitrogen and oxygen atoms in total. The smallest absolute Gasteiger partial charge is 0.203 e. The van der Waals surface area contributed by atoms with Gasteiger partial charge in [-0.05, 0) is 30.0 Å². The average Bonchev–Trinajstić information content (AvgIpc) is 2.49. The van der Waals surface area contributed by atoms with E-state index in [1.807, 2.05) is 12.1 Å². The van der Waals surface area contributed by atoms with Gasteiger partial charge in [0.2, 0.25) is 5.75 Å². The molecule has 0 aliphatic rings. The normalized spacial score (nSPS) is 10.8. The van der Waals surface area contributed by atoms with Crippen LogP contribution in [-0.2, 0) is 10.1 Å². The summed E-state index contributed by atoms with van der Waals surface area (Å²) in [5, 5.41) is 0.734. The van der Waals surface area contributed by atoms with Gasteiger partial charge in [-0.1, -0.05) is 29.8 Å². The van der Waals surface area contributed by atoms with Crippen LogP contribution in [0.15, 0.2) is 12.1 Å². The third-order valence-electron chi connectivity index (χ3n) is 2.99. The number of alkyl halides is 1. The maximum absolute atomic E-state index is 5.77. The molecule has 0 aromatic heterocycles. The highest BCUT2D eigenvalue weighted by atomic mass is 79.9. The Morgan fingerprint density at radius 3 is 2.10 bits per heavy atom. The number of benzene rings is 1. The fourth-order valence-electron chi connectivity index (χ4n) is 1.78. The Morgan fingerprint density at radius 1 is 1.00 bits per heavy atom. The van der Waals surface area contributed by atoms with Gasteiger partial charge in [0, 0.05) is 11.9 Å². The Labute approximate surface area is 135 Å². The first-order chi connectivity index (χ1) is 10.1. The number of hydrogen-bond donors (Lipinski definition) is 0. The molecule has 0 unspecified atom stereocenters. The quantitative estimate of drug-likeness (QED) is 0.466. The van der Waals surface area contributed by atoms with Gasteiger partial charge in [0.05, 0.1) is 20.8 Å². The summed E-state index contributed by atoms with van der Waals surface area (Å²) in [6.45, 7) is 6.15. The van der Waals surface area contributed by atoms with E-state index in [0.29, 0.717) is 36.4 Å². The van der Waals surface area contributed by atoms with Crippen molar-refractivity contribution in [2.45, 2.75) is 25.6 Å². The second-order valence-electron chi connectivity index (χ2n) is 5.11. The molecule has 1 aromatic carbocycles. The fraction of sp³-hybridized carbons (Fsp3) is 0.625. The number of hydrogen-bond acceptors (Lipinski definition) is 4. The van der Waals surface area contributed by atoms with Gasteiger partial charge in [-0.3, -0.25) is 0 Å². The molecule has 21 heavy (non-hydrogen) atoms. The minimum Gasteiger partial charge on any atom is -0.493 e. The van der Waals surface area contributed by atoms with Crippen LogP contribution in [0.1, 0.15) is 25.8 Å². The van der Waals surface area contributed by atoms with Gasteiger partial charge in [-0.2, -0.15) is 0 Å². The third-order valence-corrected chi connectivity index (χ3v) is 3.64. The molecule has 1 aromatic rings. The molecule has 0 amide bonds. The van der Waals surface area contributed by atoms with Crippen molar-refractivity contribution in [2.24, 2.45) is 5.92 Å². The molecule has 0 radical (unpaired) electrons. The predicted octanol–water partition coefficient (Wildman–Crippen LogP) is 4.04. The summed E-state index contributed by atoms with van der Waals surface area (Å²) in [5.41, 5.74) is 1.07. The van der Waals surface area contributed by atoms with Gasteiger partial charge in [-0.15, -0.1) is 0 Å². The number of ether oxygens (including phenoxy) is 4. The summed E-state index contributed by atoms with van der Waals surface area (Å²) in [5.74, 6) is 2.62. The van der Waals surface area contributed by atoms with E-state index in [0.717, 1.165) is 23.9 Å². The van der Waals surface area contributed by atoms with Crippen LogP contribution in [-0.4, -0.2) is 34.0 Å². The highest BCUT2D eigenvalue weighted by Gasteiger charge is 2.13. The van der Waals surface area contributed by atoms with Crippen LogP contribution < -0.4 is 14.2 Å². The number of methoxy groups -OCH3 is 2. The highest BCUT2D eigenvalue weighted by Crippen LogP contribution is 2.39. The largest absolute Gasteiger partial charge is 0.493 e. The van der Waals surface area contributed by atoms with Gasteiger partial charge in [0.25, 0.3) is 0 Å². The molecule has 120 valence electrons. The first-order valence-electron chi connectivity index (χ1n) is 7.13. The molecule has 0 saturated heterocycles. The summed E-state index contributed by atoms with van der Waals surface area (Å²) >= 11 is 3.43. The first kappa shape index (κ1) is 18.1. The topological polar surface area (TPSA) is 36.9 Å². The molecule has 0 bridgehead atoms. The van der Waals surface area contributed by atoms with Crippen molar-refractivity contribution in [2.75, 3.05) is 34.0 Å². The van der Waals surface area contributed by atoms with Crippen molar-refractivity contribution < 1.29 is 18.9 Å². The second-order valence-corrected chi connectivity index (χ2v) is 5.67. The lowest BCUT2D eigenvalue weighted by Crippen LogP contribution is -2.10. The van der Waals surface area contributed by atoms with E-state index >= 15 is 0 Å². The van der Waals surface area contributed by atoms with Crippen molar-refractivity contribution in [3.63, 3.8) is 0 Å². The zero-order valence-corrected chi connectivity index (χ0v) is 14.9. The van der Waals surface area contributed by atoms with Crippen LogP contribution in [0.5, 0.6) is 17.2 Å². The lowest BCUT2D eigenvalue weighted by molar-refractivity contribution is 0.0906. The van der Waals surface area contributed by atoms with E-state index in [-0.39, 0.29) is 0 Å². The standard InChI is InChI=1S/C16H25BrO4/c1-12(2)5-6-20-7-8-21-16-14(18-3)9-13(11-17)10-15(16)19-4/h9-10,12H,5-8,11H2,1-4H3. The molecule has 0 atom stereocenters. The second kappa shape index (κ2) is 9.90. The lowest BCUT2D eigenvalue weighted by atomic mass is 10.1. The zero-order valence-electron chi connectivity index (χ0n) is 13.3. The minimum absolute atomic E-state index is 0.471. The lowest BCUT2D eigenvalue weighted by Gasteiger charge is -2.15. The van der Waals surface area contributed by atoms with Gasteiger partial charge >= 0.3 is 0 Å². The summed E-state index contributed by atoms with van der Waals surface area (Å²) < 4.78 is 22.1. The Balaban J connectivity index is 2.57. The van der Waals surface area contributed by atoms with E-state index in [1.165, 1.54) is 0 Å². The molecule has 0 aliphatic carbocycles. The monoisotopic (exact) mass is 360 g/mol. The first-order valence-corrected chi connectivity index (χ1v) is 8.25. The maximum atomic E-state index is 5.77. The van der Waals surface area contributed by atoms with E-state index in [1.54, 1.807) is 14.2 Å². The van der Waals surface area contributed by atoms with Crippen LogP contribution in [0.25, 0.3) is 0 Å². The molecule has 0 spiro atoms.